The Balaban J connectivity index is 2.01. The maximum absolute atomic E-state index is 13.8. The molecule has 0 aliphatic carbocycles. The van der Waals surface area contributed by atoms with E-state index in [2.05, 4.69) is 4.98 Å². The van der Waals surface area contributed by atoms with Gasteiger partial charge in [0.15, 0.2) is 5.16 Å². The fourth-order valence-corrected chi connectivity index (χ4v) is 3.60. The molecule has 0 bridgehead atoms. The molecular formula is C18H16ClFN2O2S. The molecule has 0 N–H and O–H groups in total. The van der Waals surface area contributed by atoms with Gasteiger partial charge in [-0.15, -0.1) is 0 Å². The van der Waals surface area contributed by atoms with Gasteiger partial charge in [-0.25, -0.2) is 9.37 Å². The molecular weight excluding hydrogens is 363 g/mol. The number of ether oxygens (including phenoxy) is 1. The third kappa shape index (κ3) is 4.03. The minimum Gasteiger partial charge on any atom is -0.383 e. The first-order valence-corrected chi connectivity index (χ1v) is 9.01. The molecule has 130 valence electrons. The Morgan fingerprint density at radius 1 is 1.28 bits per heavy atom. The molecule has 7 heteroatoms. The first kappa shape index (κ1) is 17.9. The zero-order valence-electron chi connectivity index (χ0n) is 13.5. The minimum absolute atomic E-state index is 0.158. The van der Waals surface area contributed by atoms with Crippen LogP contribution in [0.25, 0.3) is 10.9 Å². The molecule has 0 aliphatic rings. The van der Waals surface area contributed by atoms with Gasteiger partial charge in [0.1, 0.15) is 5.82 Å². The SMILES string of the molecule is COCCn1c(SCc2ccccc2F)nc2cc(Cl)ccc2c1=O. The Morgan fingerprint density at radius 3 is 2.84 bits per heavy atom. The van der Waals surface area contributed by atoms with Gasteiger partial charge in [0.05, 0.1) is 24.1 Å². The Hall–Kier alpha value is -1.89. The van der Waals surface area contributed by atoms with Crippen molar-refractivity contribution in [3.05, 3.63) is 69.2 Å². The quantitative estimate of drug-likeness (QED) is 0.478. The summed E-state index contributed by atoms with van der Waals surface area (Å²) in [5, 5.41) is 1.52. The third-order valence-electron chi connectivity index (χ3n) is 3.72. The summed E-state index contributed by atoms with van der Waals surface area (Å²) in [4.78, 5) is 17.3. The van der Waals surface area contributed by atoms with Gasteiger partial charge in [0, 0.05) is 17.9 Å². The molecule has 0 spiro atoms. The van der Waals surface area contributed by atoms with Crippen molar-refractivity contribution in [3.63, 3.8) is 0 Å². The summed E-state index contributed by atoms with van der Waals surface area (Å²) in [6.45, 7) is 0.758. The van der Waals surface area contributed by atoms with Crippen molar-refractivity contribution in [1.29, 1.82) is 0 Å². The first-order valence-electron chi connectivity index (χ1n) is 7.65. The number of hydrogen-bond donors (Lipinski definition) is 0. The first-order chi connectivity index (χ1) is 12.1. The number of hydrogen-bond acceptors (Lipinski definition) is 4. The van der Waals surface area contributed by atoms with Crippen LogP contribution in [0.2, 0.25) is 5.02 Å². The third-order valence-corrected chi connectivity index (χ3v) is 4.98. The number of aromatic nitrogens is 2. The van der Waals surface area contributed by atoms with E-state index < -0.39 is 0 Å². The highest BCUT2D eigenvalue weighted by Gasteiger charge is 2.13. The van der Waals surface area contributed by atoms with Gasteiger partial charge in [0.2, 0.25) is 0 Å². The molecule has 0 aliphatic heterocycles. The van der Waals surface area contributed by atoms with E-state index in [-0.39, 0.29) is 11.4 Å². The van der Waals surface area contributed by atoms with E-state index >= 15 is 0 Å². The van der Waals surface area contributed by atoms with Crippen LogP contribution in [0.5, 0.6) is 0 Å². The van der Waals surface area contributed by atoms with E-state index in [0.29, 0.717) is 45.5 Å². The van der Waals surface area contributed by atoms with Crippen molar-refractivity contribution < 1.29 is 9.13 Å². The molecule has 4 nitrogen and oxygen atoms in total. The summed E-state index contributed by atoms with van der Waals surface area (Å²) in [6, 6.07) is 11.6. The number of halogens is 2. The van der Waals surface area contributed by atoms with Gasteiger partial charge in [-0.3, -0.25) is 9.36 Å². The second kappa shape index (κ2) is 7.99. The molecule has 0 amide bonds. The second-order valence-corrected chi connectivity index (χ2v) is 6.76. The molecule has 0 saturated carbocycles. The highest BCUT2D eigenvalue weighted by Crippen LogP contribution is 2.24. The fraction of sp³-hybridized carbons (Fsp3) is 0.222. The lowest BCUT2D eigenvalue weighted by molar-refractivity contribution is 0.183. The predicted octanol–water partition coefficient (Wildman–Crippen LogP) is 4.13. The van der Waals surface area contributed by atoms with Crippen LogP contribution in [0.1, 0.15) is 5.56 Å². The fourth-order valence-electron chi connectivity index (χ4n) is 2.42. The summed E-state index contributed by atoms with van der Waals surface area (Å²) in [5.41, 5.74) is 0.934. The molecule has 0 unspecified atom stereocenters. The molecule has 3 rings (SSSR count). The van der Waals surface area contributed by atoms with Crippen LogP contribution in [0.4, 0.5) is 4.39 Å². The normalized spacial score (nSPS) is 11.2. The molecule has 25 heavy (non-hydrogen) atoms. The van der Waals surface area contributed by atoms with Crippen molar-refractivity contribution in [2.24, 2.45) is 0 Å². The van der Waals surface area contributed by atoms with Crippen molar-refractivity contribution in [3.8, 4) is 0 Å². The van der Waals surface area contributed by atoms with Gasteiger partial charge < -0.3 is 4.74 Å². The van der Waals surface area contributed by atoms with Gasteiger partial charge >= 0.3 is 0 Å². The Bertz CT molecular complexity index is 961. The number of benzene rings is 2. The average Bonchev–Trinajstić information content (AvgIpc) is 2.60. The van der Waals surface area contributed by atoms with E-state index in [1.54, 1.807) is 48.1 Å². The monoisotopic (exact) mass is 378 g/mol. The number of thioether (sulfide) groups is 1. The largest absolute Gasteiger partial charge is 0.383 e. The van der Waals surface area contributed by atoms with E-state index in [0.717, 1.165) is 0 Å². The van der Waals surface area contributed by atoms with Crippen LogP contribution in [0.3, 0.4) is 0 Å². The maximum atomic E-state index is 13.8. The average molecular weight is 379 g/mol. The molecule has 0 radical (unpaired) electrons. The van der Waals surface area contributed by atoms with Crippen molar-refractivity contribution in [1.82, 2.24) is 9.55 Å². The molecule has 1 heterocycles. The van der Waals surface area contributed by atoms with E-state index in [9.17, 15) is 9.18 Å². The standard InChI is InChI=1S/C18H16ClFN2O2S/c1-24-9-8-22-17(23)14-7-6-13(19)10-16(14)21-18(22)25-11-12-4-2-3-5-15(12)20/h2-7,10H,8-9,11H2,1H3. The van der Waals surface area contributed by atoms with Crippen LogP contribution in [0, 0.1) is 5.82 Å². The van der Waals surface area contributed by atoms with Crippen LogP contribution in [-0.4, -0.2) is 23.3 Å². The molecule has 3 aromatic rings. The zero-order valence-corrected chi connectivity index (χ0v) is 15.1. The van der Waals surface area contributed by atoms with E-state index in [1.807, 2.05) is 0 Å². The number of nitrogens with zero attached hydrogens (tertiary/aromatic N) is 2. The highest BCUT2D eigenvalue weighted by atomic mass is 35.5. The van der Waals surface area contributed by atoms with Gasteiger partial charge in [-0.1, -0.05) is 41.6 Å². The Morgan fingerprint density at radius 2 is 2.08 bits per heavy atom. The highest BCUT2D eigenvalue weighted by molar-refractivity contribution is 7.98. The van der Waals surface area contributed by atoms with Crippen LogP contribution >= 0.6 is 23.4 Å². The van der Waals surface area contributed by atoms with E-state index in [1.165, 1.54) is 17.8 Å². The van der Waals surface area contributed by atoms with Crippen LogP contribution in [0.15, 0.2) is 52.4 Å². The molecule has 1 aromatic heterocycles. The lowest BCUT2D eigenvalue weighted by Crippen LogP contribution is -2.25. The molecule has 0 atom stereocenters. The molecule has 2 aromatic carbocycles. The van der Waals surface area contributed by atoms with Crippen molar-refractivity contribution >= 4 is 34.3 Å². The second-order valence-electron chi connectivity index (χ2n) is 5.39. The van der Waals surface area contributed by atoms with Gasteiger partial charge in [0.25, 0.3) is 5.56 Å². The van der Waals surface area contributed by atoms with Gasteiger partial charge in [-0.05, 0) is 29.8 Å². The van der Waals surface area contributed by atoms with Crippen molar-refractivity contribution in [2.75, 3.05) is 13.7 Å². The lowest BCUT2D eigenvalue weighted by atomic mass is 10.2. The Labute approximate surface area is 153 Å². The maximum Gasteiger partial charge on any atom is 0.262 e. The van der Waals surface area contributed by atoms with Crippen LogP contribution in [-0.2, 0) is 17.0 Å². The number of rotatable bonds is 6. The summed E-state index contributed by atoms with van der Waals surface area (Å²) in [7, 11) is 1.57. The van der Waals surface area contributed by atoms with Crippen LogP contribution < -0.4 is 5.56 Å². The summed E-state index contributed by atoms with van der Waals surface area (Å²) in [6.07, 6.45) is 0. The summed E-state index contributed by atoms with van der Waals surface area (Å²) < 4.78 is 20.5. The topological polar surface area (TPSA) is 44.1 Å². The number of fused-ring (bicyclic) bond motifs is 1. The molecule has 0 fully saturated rings. The smallest absolute Gasteiger partial charge is 0.262 e. The summed E-state index contributed by atoms with van der Waals surface area (Å²) in [5.74, 6) is 0.0997. The number of methoxy groups -OCH3 is 1. The van der Waals surface area contributed by atoms with Crippen molar-refractivity contribution in [2.45, 2.75) is 17.5 Å². The summed E-state index contributed by atoms with van der Waals surface area (Å²) >= 11 is 7.33. The molecule has 0 saturated heterocycles. The van der Waals surface area contributed by atoms with E-state index in [4.69, 9.17) is 16.3 Å². The predicted molar refractivity (Wildman–Crippen MR) is 98.9 cm³/mol. The minimum atomic E-state index is -0.273. The van der Waals surface area contributed by atoms with Gasteiger partial charge in [-0.2, -0.15) is 0 Å². The zero-order chi connectivity index (χ0) is 17.8. The lowest BCUT2D eigenvalue weighted by Gasteiger charge is -2.13. The Kier molecular flexibility index (Phi) is 5.73.